The van der Waals surface area contributed by atoms with Gasteiger partial charge in [0.05, 0.1) is 18.5 Å². The van der Waals surface area contributed by atoms with E-state index in [1.807, 2.05) is 46.1 Å². The van der Waals surface area contributed by atoms with Crippen molar-refractivity contribution >= 4 is 11.8 Å². The molecule has 1 aromatic carbocycles. The van der Waals surface area contributed by atoms with Crippen molar-refractivity contribution in [3.05, 3.63) is 35.7 Å². The molecule has 0 unspecified atom stereocenters. The highest BCUT2D eigenvalue weighted by Gasteiger charge is 2.31. The van der Waals surface area contributed by atoms with Crippen molar-refractivity contribution in [3.63, 3.8) is 0 Å². The third-order valence-corrected chi connectivity index (χ3v) is 4.07. The van der Waals surface area contributed by atoms with E-state index in [1.165, 1.54) is 0 Å². The number of aliphatic hydroxyl groups is 1. The highest BCUT2D eigenvalue weighted by molar-refractivity contribution is 5.92. The fourth-order valence-electron chi connectivity index (χ4n) is 3.07. The minimum absolute atomic E-state index is 0.0738. The molecule has 6 nitrogen and oxygen atoms in total. The van der Waals surface area contributed by atoms with Gasteiger partial charge in [-0.2, -0.15) is 5.10 Å². The Morgan fingerprint density at radius 2 is 2.12 bits per heavy atom. The number of aryl methyl sites for hydroxylation is 1. The zero-order valence-corrected chi connectivity index (χ0v) is 14.5. The van der Waals surface area contributed by atoms with E-state index in [1.54, 1.807) is 15.8 Å². The van der Waals surface area contributed by atoms with E-state index < -0.39 is 5.60 Å². The Hall–Kier alpha value is -2.34. The molecule has 1 aliphatic rings. The van der Waals surface area contributed by atoms with Gasteiger partial charge in [-0.05, 0) is 49.9 Å². The summed E-state index contributed by atoms with van der Waals surface area (Å²) in [6.45, 7) is 6.05. The van der Waals surface area contributed by atoms with Crippen LogP contribution in [0.2, 0.25) is 0 Å². The summed E-state index contributed by atoms with van der Waals surface area (Å²) < 4.78 is 7.21. The highest BCUT2D eigenvalue weighted by atomic mass is 16.6. The first-order valence-corrected chi connectivity index (χ1v) is 8.05. The van der Waals surface area contributed by atoms with E-state index in [2.05, 4.69) is 5.10 Å². The maximum atomic E-state index is 12.4. The first-order chi connectivity index (χ1) is 11.3. The summed E-state index contributed by atoms with van der Waals surface area (Å²) in [6.07, 6.45) is 4.06. The van der Waals surface area contributed by atoms with Gasteiger partial charge in [-0.3, -0.25) is 9.58 Å². The van der Waals surface area contributed by atoms with Gasteiger partial charge in [-0.1, -0.05) is 6.07 Å². The number of carbonyl (C=O) groups excluding carboxylic acids is 1. The van der Waals surface area contributed by atoms with Gasteiger partial charge in [0.15, 0.2) is 0 Å². The van der Waals surface area contributed by atoms with Gasteiger partial charge in [-0.25, -0.2) is 4.79 Å². The average Bonchev–Trinajstić information content (AvgIpc) is 3.10. The van der Waals surface area contributed by atoms with Gasteiger partial charge in [0.25, 0.3) is 0 Å². The molecule has 0 atom stereocenters. The second-order valence-electron chi connectivity index (χ2n) is 7.03. The number of amides is 1. The number of hydrogen-bond donors (Lipinski definition) is 1. The van der Waals surface area contributed by atoms with Crippen LogP contribution in [0, 0.1) is 0 Å². The molecule has 1 N–H and O–H groups in total. The highest BCUT2D eigenvalue weighted by Crippen LogP contribution is 2.37. The van der Waals surface area contributed by atoms with E-state index in [-0.39, 0.29) is 12.7 Å². The number of benzene rings is 1. The van der Waals surface area contributed by atoms with Crippen molar-refractivity contribution in [3.8, 4) is 11.1 Å². The molecule has 3 rings (SSSR count). The smallest absolute Gasteiger partial charge is 0.414 e. The summed E-state index contributed by atoms with van der Waals surface area (Å²) in [4.78, 5) is 14.1. The van der Waals surface area contributed by atoms with Crippen LogP contribution in [0.1, 0.15) is 31.9 Å². The fraction of sp³-hybridized carbons (Fsp3) is 0.444. The molecule has 1 aromatic heterocycles. The molecular formula is C18H23N3O3. The van der Waals surface area contributed by atoms with E-state index >= 15 is 0 Å². The predicted molar refractivity (Wildman–Crippen MR) is 91.9 cm³/mol. The van der Waals surface area contributed by atoms with E-state index in [0.717, 1.165) is 27.9 Å². The molecule has 0 saturated carbocycles. The van der Waals surface area contributed by atoms with Crippen LogP contribution in [0.4, 0.5) is 10.5 Å². The Kier molecular flexibility index (Phi) is 4.09. The third kappa shape index (κ3) is 3.01. The molecule has 0 aliphatic carbocycles. The number of carbonyl (C=O) groups is 1. The summed E-state index contributed by atoms with van der Waals surface area (Å²) in [5.74, 6) is 0. The summed E-state index contributed by atoms with van der Waals surface area (Å²) in [6, 6.07) is 3.86. The molecule has 0 radical (unpaired) electrons. The second kappa shape index (κ2) is 5.94. The molecule has 6 heteroatoms. The van der Waals surface area contributed by atoms with Crippen molar-refractivity contribution in [1.29, 1.82) is 0 Å². The number of aromatic nitrogens is 2. The van der Waals surface area contributed by atoms with Gasteiger partial charge < -0.3 is 9.84 Å². The third-order valence-electron chi connectivity index (χ3n) is 4.07. The number of ether oxygens (including phenoxy) is 1. The van der Waals surface area contributed by atoms with Crippen molar-refractivity contribution in [2.24, 2.45) is 7.05 Å². The molecule has 0 saturated heterocycles. The second-order valence-corrected chi connectivity index (χ2v) is 7.03. The van der Waals surface area contributed by atoms with Crippen LogP contribution in [0.15, 0.2) is 24.5 Å². The zero-order valence-electron chi connectivity index (χ0n) is 14.5. The lowest BCUT2D eigenvalue weighted by atomic mass is 9.96. The SMILES string of the molecule is Cn1cc(-c2ccc3c(c2CO)CCN3C(=O)OC(C)(C)C)cn1. The van der Waals surface area contributed by atoms with Crippen molar-refractivity contribution in [2.75, 3.05) is 11.4 Å². The Morgan fingerprint density at radius 1 is 1.38 bits per heavy atom. The van der Waals surface area contributed by atoms with Crippen LogP contribution in [0.5, 0.6) is 0 Å². The van der Waals surface area contributed by atoms with Gasteiger partial charge >= 0.3 is 6.09 Å². The first-order valence-electron chi connectivity index (χ1n) is 8.05. The monoisotopic (exact) mass is 329 g/mol. The first kappa shape index (κ1) is 16.5. The van der Waals surface area contributed by atoms with Crippen LogP contribution in [-0.4, -0.2) is 33.1 Å². The maximum Gasteiger partial charge on any atom is 0.414 e. The predicted octanol–water partition coefficient (Wildman–Crippen LogP) is 2.88. The van der Waals surface area contributed by atoms with Crippen LogP contribution >= 0.6 is 0 Å². The largest absolute Gasteiger partial charge is 0.443 e. The molecule has 1 amide bonds. The average molecular weight is 329 g/mol. The van der Waals surface area contributed by atoms with Gasteiger partial charge in [0.2, 0.25) is 0 Å². The Labute approximate surface area is 141 Å². The molecule has 128 valence electrons. The molecule has 0 bridgehead atoms. The molecule has 2 aromatic rings. The minimum atomic E-state index is -0.532. The Balaban J connectivity index is 1.98. The van der Waals surface area contributed by atoms with Crippen molar-refractivity contribution < 1.29 is 14.6 Å². The molecule has 24 heavy (non-hydrogen) atoms. The summed E-state index contributed by atoms with van der Waals surface area (Å²) >= 11 is 0. The number of anilines is 1. The van der Waals surface area contributed by atoms with Crippen molar-refractivity contribution in [2.45, 2.75) is 39.4 Å². The zero-order chi connectivity index (χ0) is 17.5. The molecule has 0 fully saturated rings. The minimum Gasteiger partial charge on any atom is -0.443 e. The topological polar surface area (TPSA) is 67.6 Å². The molecule has 1 aliphatic heterocycles. The van der Waals surface area contributed by atoms with Crippen molar-refractivity contribution in [1.82, 2.24) is 9.78 Å². The number of rotatable bonds is 2. The van der Waals surface area contributed by atoms with Crippen LogP contribution in [0.25, 0.3) is 11.1 Å². The fourth-order valence-corrected chi connectivity index (χ4v) is 3.07. The Morgan fingerprint density at radius 3 is 2.71 bits per heavy atom. The number of aliphatic hydroxyl groups excluding tert-OH is 1. The van der Waals surface area contributed by atoms with Gasteiger partial charge in [0, 0.05) is 25.4 Å². The standard InChI is InChI=1S/C18H23N3O3/c1-18(2,3)24-17(23)21-8-7-14-15(11-22)13(5-6-16(14)21)12-9-19-20(4)10-12/h5-6,9-10,22H,7-8,11H2,1-4H3. The van der Waals surface area contributed by atoms with Gasteiger partial charge in [0.1, 0.15) is 5.60 Å². The quantitative estimate of drug-likeness (QED) is 0.920. The van der Waals surface area contributed by atoms with E-state index in [9.17, 15) is 9.90 Å². The van der Waals surface area contributed by atoms with Crippen LogP contribution < -0.4 is 4.90 Å². The number of fused-ring (bicyclic) bond motifs is 1. The molecule has 2 heterocycles. The molecular weight excluding hydrogens is 306 g/mol. The molecule has 0 spiro atoms. The lowest BCUT2D eigenvalue weighted by molar-refractivity contribution is 0.0584. The normalized spacial score (nSPS) is 14.0. The Bertz CT molecular complexity index is 774. The van der Waals surface area contributed by atoms with Crippen LogP contribution in [-0.2, 0) is 24.8 Å². The summed E-state index contributed by atoms with van der Waals surface area (Å²) in [5, 5.41) is 14.1. The lowest BCUT2D eigenvalue weighted by Crippen LogP contribution is -2.35. The van der Waals surface area contributed by atoms with E-state index in [0.29, 0.717) is 13.0 Å². The number of nitrogens with zero attached hydrogens (tertiary/aromatic N) is 3. The van der Waals surface area contributed by atoms with E-state index in [4.69, 9.17) is 4.74 Å². The van der Waals surface area contributed by atoms with Crippen LogP contribution in [0.3, 0.4) is 0 Å². The number of hydrogen-bond acceptors (Lipinski definition) is 4. The maximum absolute atomic E-state index is 12.4. The summed E-state index contributed by atoms with van der Waals surface area (Å²) in [5.41, 5.74) is 4.06. The lowest BCUT2D eigenvalue weighted by Gasteiger charge is -2.25. The van der Waals surface area contributed by atoms with Gasteiger partial charge in [-0.15, -0.1) is 0 Å². The summed E-state index contributed by atoms with van der Waals surface area (Å²) in [7, 11) is 1.86.